The van der Waals surface area contributed by atoms with Crippen LogP contribution in [-0.4, -0.2) is 11.3 Å². The summed E-state index contributed by atoms with van der Waals surface area (Å²) in [5, 5.41) is 9.32. The molecule has 1 aliphatic heterocycles. The molecule has 0 aromatic heterocycles. The van der Waals surface area contributed by atoms with Crippen LogP contribution in [0.2, 0.25) is 0 Å². The molecule has 1 aliphatic rings. The molecule has 0 aliphatic carbocycles. The number of rotatable bonds is 0. The van der Waals surface area contributed by atoms with Crippen molar-refractivity contribution < 1.29 is 5.11 Å². The van der Waals surface area contributed by atoms with Gasteiger partial charge in [0, 0.05) is 11.8 Å². The topological polar surface area (TPSA) is 32.6 Å². The molecule has 56 valence electrons. The fraction of sp³-hybridized carbons (Fsp3) is 0.222. The van der Waals surface area contributed by atoms with Gasteiger partial charge in [0.2, 0.25) is 0 Å². The average Bonchev–Trinajstić information content (AvgIpc) is 2.36. The van der Waals surface area contributed by atoms with Gasteiger partial charge in [-0.2, -0.15) is 0 Å². The molecular weight excluding hydrogens is 138 g/mol. The maximum atomic E-state index is 9.32. The standard InChI is InChI=1S/C9H9NO/c1-6-2-7-4-10-5-8(7)3-9(6)11/h2-3,5,11H,4H2,1H3. The van der Waals surface area contributed by atoms with Gasteiger partial charge in [0.25, 0.3) is 0 Å². The predicted molar refractivity (Wildman–Crippen MR) is 44.1 cm³/mol. The van der Waals surface area contributed by atoms with Gasteiger partial charge < -0.3 is 5.11 Å². The molecule has 1 aromatic carbocycles. The Balaban J connectivity index is 2.63. The monoisotopic (exact) mass is 147 g/mol. The number of benzene rings is 1. The van der Waals surface area contributed by atoms with Crippen molar-refractivity contribution in [1.82, 2.24) is 0 Å². The van der Waals surface area contributed by atoms with E-state index >= 15 is 0 Å². The van der Waals surface area contributed by atoms with E-state index in [9.17, 15) is 5.11 Å². The molecule has 0 spiro atoms. The molecule has 0 amide bonds. The van der Waals surface area contributed by atoms with Crippen molar-refractivity contribution in [3.05, 3.63) is 28.8 Å². The first-order valence-electron chi connectivity index (χ1n) is 3.59. The average molecular weight is 147 g/mol. The zero-order chi connectivity index (χ0) is 7.84. The molecular formula is C9H9NO. The van der Waals surface area contributed by atoms with Crippen molar-refractivity contribution in [3.8, 4) is 5.75 Å². The number of aromatic hydroxyl groups is 1. The number of nitrogens with zero attached hydrogens (tertiary/aromatic N) is 1. The summed E-state index contributed by atoms with van der Waals surface area (Å²) in [4.78, 5) is 4.10. The van der Waals surface area contributed by atoms with Crippen LogP contribution in [0.4, 0.5) is 0 Å². The maximum absolute atomic E-state index is 9.32. The lowest BCUT2D eigenvalue weighted by Gasteiger charge is -2.01. The van der Waals surface area contributed by atoms with E-state index in [1.54, 1.807) is 12.3 Å². The summed E-state index contributed by atoms with van der Waals surface area (Å²) in [5.74, 6) is 0.358. The zero-order valence-electron chi connectivity index (χ0n) is 6.33. The Labute approximate surface area is 65.2 Å². The highest BCUT2D eigenvalue weighted by atomic mass is 16.3. The van der Waals surface area contributed by atoms with E-state index in [2.05, 4.69) is 4.99 Å². The molecule has 0 atom stereocenters. The minimum Gasteiger partial charge on any atom is -0.508 e. The molecule has 0 saturated carbocycles. The Bertz CT molecular complexity index is 329. The number of phenolic OH excluding ortho intramolecular Hbond substituents is 1. The first-order chi connectivity index (χ1) is 5.27. The van der Waals surface area contributed by atoms with Crippen LogP contribution in [0.25, 0.3) is 0 Å². The molecule has 2 heteroatoms. The Morgan fingerprint density at radius 3 is 3.09 bits per heavy atom. The fourth-order valence-electron chi connectivity index (χ4n) is 1.27. The maximum Gasteiger partial charge on any atom is 0.119 e. The largest absolute Gasteiger partial charge is 0.508 e. The molecule has 1 N–H and O–H groups in total. The van der Waals surface area contributed by atoms with Gasteiger partial charge in [-0.1, -0.05) is 0 Å². The van der Waals surface area contributed by atoms with Crippen LogP contribution in [0, 0.1) is 6.92 Å². The van der Waals surface area contributed by atoms with Crippen LogP contribution in [-0.2, 0) is 6.54 Å². The van der Waals surface area contributed by atoms with Gasteiger partial charge in [-0.25, -0.2) is 0 Å². The second-order valence-electron chi connectivity index (χ2n) is 2.81. The van der Waals surface area contributed by atoms with Crippen molar-refractivity contribution >= 4 is 6.21 Å². The van der Waals surface area contributed by atoms with Crippen molar-refractivity contribution in [3.63, 3.8) is 0 Å². The molecule has 0 radical (unpaired) electrons. The Morgan fingerprint density at radius 2 is 2.27 bits per heavy atom. The third kappa shape index (κ3) is 0.909. The van der Waals surface area contributed by atoms with Crippen LogP contribution in [0.3, 0.4) is 0 Å². The number of fused-ring (bicyclic) bond motifs is 1. The fourth-order valence-corrected chi connectivity index (χ4v) is 1.27. The van der Waals surface area contributed by atoms with Crippen LogP contribution in [0.5, 0.6) is 5.75 Å². The van der Waals surface area contributed by atoms with E-state index in [1.165, 1.54) is 5.56 Å². The first kappa shape index (κ1) is 6.40. The van der Waals surface area contributed by atoms with Gasteiger partial charge in [0.1, 0.15) is 5.75 Å². The quantitative estimate of drug-likeness (QED) is 0.594. The SMILES string of the molecule is Cc1cc2c(cc1O)C=NC2. The third-order valence-corrected chi connectivity index (χ3v) is 1.95. The molecule has 0 fully saturated rings. The lowest BCUT2D eigenvalue weighted by atomic mass is 10.1. The van der Waals surface area contributed by atoms with Gasteiger partial charge in [-0.3, -0.25) is 4.99 Å². The Hall–Kier alpha value is -1.31. The molecule has 0 unspecified atom stereocenters. The summed E-state index contributed by atoms with van der Waals surface area (Å²) >= 11 is 0. The number of phenols is 1. The lowest BCUT2D eigenvalue weighted by molar-refractivity contribution is 0.471. The molecule has 2 rings (SSSR count). The predicted octanol–water partition coefficient (Wildman–Crippen LogP) is 1.63. The lowest BCUT2D eigenvalue weighted by Crippen LogP contribution is -1.85. The Morgan fingerprint density at radius 1 is 1.45 bits per heavy atom. The van der Waals surface area contributed by atoms with E-state index < -0.39 is 0 Å². The number of aryl methyl sites for hydroxylation is 1. The first-order valence-corrected chi connectivity index (χ1v) is 3.59. The van der Waals surface area contributed by atoms with Gasteiger partial charge >= 0.3 is 0 Å². The summed E-state index contributed by atoms with van der Waals surface area (Å²) in [7, 11) is 0. The second kappa shape index (κ2) is 2.09. The van der Waals surface area contributed by atoms with Crippen LogP contribution in [0.15, 0.2) is 17.1 Å². The molecule has 0 saturated heterocycles. The highest BCUT2D eigenvalue weighted by molar-refractivity contribution is 5.85. The zero-order valence-corrected chi connectivity index (χ0v) is 6.33. The molecule has 1 aromatic rings. The van der Waals surface area contributed by atoms with Gasteiger partial charge in [-0.05, 0) is 30.2 Å². The van der Waals surface area contributed by atoms with E-state index in [0.717, 1.165) is 17.7 Å². The number of hydrogen-bond donors (Lipinski definition) is 1. The van der Waals surface area contributed by atoms with Crippen molar-refractivity contribution in [2.24, 2.45) is 4.99 Å². The van der Waals surface area contributed by atoms with E-state index in [4.69, 9.17) is 0 Å². The third-order valence-electron chi connectivity index (χ3n) is 1.95. The van der Waals surface area contributed by atoms with Gasteiger partial charge in [0.15, 0.2) is 0 Å². The van der Waals surface area contributed by atoms with Gasteiger partial charge in [0.05, 0.1) is 6.54 Å². The van der Waals surface area contributed by atoms with Crippen LogP contribution >= 0.6 is 0 Å². The number of aliphatic imine (C=N–C) groups is 1. The van der Waals surface area contributed by atoms with Gasteiger partial charge in [-0.15, -0.1) is 0 Å². The highest BCUT2D eigenvalue weighted by Gasteiger charge is 2.08. The summed E-state index contributed by atoms with van der Waals surface area (Å²) in [6.45, 7) is 2.66. The summed E-state index contributed by atoms with van der Waals surface area (Å²) in [5.41, 5.74) is 3.18. The smallest absolute Gasteiger partial charge is 0.119 e. The van der Waals surface area contributed by atoms with E-state index in [1.807, 2.05) is 13.0 Å². The minimum atomic E-state index is 0.358. The molecule has 11 heavy (non-hydrogen) atoms. The van der Waals surface area contributed by atoms with Crippen LogP contribution < -0.4 is 0 Å². The highest BCUT2D eigenvalue weighted by Crippen LogP contribution is 2.23. The molecule has 1 heterocycles. The summed E-state index contributed by atoms with van der Waals surface area (Å²) in [6, 6.07) is 3.75. The van der Waals surface area contributed by atoms with Crippen LogP contribution in [0.1, 0.15) is 16.7 Å². The summed E-state index contributed by atoms with van der Waals surface area (Å²) in [6.07, 6.45) is 1.80. The minimum absolute atomic E-state index is 0.358. The summed E-state index contributed by atoms with van der Waals surface area (Å²) < 4.78 is 0. The van der Waals surface area contributed by atoms with E-state index in [-0.39, 0.29) is 0 Å². The van der Waals surface area contributed by atoms with Crippen molar-refractivity contribution in [2.75, 3.05) is 0 Å². The molecule has 0 bridgehead atoms. The normalized spacial score (nSPS) is 13.5. The molecule has 2 nitrogen and oxygen atoms in total. The second-order valence-corrected chi connectivity index (χ2v) is 2.81. The van der Waals surface area contributed by atoms with E-state index in [0.29, 0.717) is 5.75 Å². The van der Waals surface area contributed by atoms with Crippen molar-refractivity contribution in [1.29, 1.82) is 0 Å². The Kier molecular flexibility index (Phi) is 1.22. The number of hydrogen-bond acceptors (Lipinski definition) is 2. The van der Waals surface area contributed by atoms with Crippen molar-refractivity contribution in [2.45, 2.75) is 13.5 Å².